The van der Waals surface area contributed by atoms with Gasteiger partial charge in [-0.3, -0.25) is 0 Å². The van der Waals surface area contributed by atoms with Crippen LogP contribution in [0.15, 0.2) is 52.9 Å². The molecule has 0 spiro atoms. The number of hydrogen-bond acceptors (Lipinski definition) is 8. The van der Waals surface area contributed by atoms with E-state index in [-0.39, 0.29) is 5.89 Å². The van der Waals surface area contributed by atoms with Gasteiger partial charge in [-0.2, -0.15) is 0 Å². The fourth-order valence-corrected chi connectivity index (χ4v) is 3.94. The van der Waals surface area contributed by atoms with Crippen LogP contribution in [0.2, 0.25) is 0 Å². The van der Waals surface area contributed by atoms with Crippen LogP contribution in [0.3, 0.4) is 0 Å². The first-order valence-electron chi connectivity index (χ1n) is 11.2. The number of alkyl halides is 1. The van der Waals surface area contributed by atoms with Crippen LogP contribution >= 0.6 is 0 Å². The Hall–Kier alpha value is -3.79. The molecule has 1 saturated heterocycles. The van der Waals surface area contributed by atoms with Crippen molar-refractivity contribution in [1.29, 1.82) is 0 Å². The van der Waals surface area contributed by atoms with Crippen molar-refractivity contribution in [3.05, 3.63) is 59.9 Å². The van der Waals surface area contributed by atoms with Gasteiger partial charge in [0.25, 0.3) is 5.89 Å². The van der Waals surface area contributed by atoms with Gasteiger partial charge < -0.3 is 19.0 Å². The molecule has 1 fully saturated rings. The van der Waals surface area contributed by atoms with Crippen molar-refractivity contribution in [2.75, 3.05) is 45.0 Å². The van der Waals surface area contributed by atoms with Gasteiger partial charge in [-0.15, -0.1) is 15.3 Å². The summed E-state index contributed by atoms with van der Waals surface area (Å²) in [7, 11) is 2.16. The van der Waals surface area contributed by atoms with Gasteiger partial charge in [0.2, 0.25) is 18.6 Å². The third kappa shape index (κ3) is 4.76. The van der Waals surface area contributed by atoms with Gasteiger partial charge in [-0.25, -0.2) is 14.1 Å². The van der Waals surface area contributed by atoms with E-state index in [1.54, 1.807) is 24.3 Å². The van der Waals surface area contributed by atoms with Crippen molar-refractivity contribution in [2.24, 2.45) is 0 Å². The third-order valence-corrected chi connectivity index (χ3v) is 5.91. The maximum Gasteiger partial charge on any atom is 0.287 e. The van der Waals surface area contributed by atoms with Crippen molar-refractivity contribution < 1.29 is 13.5 Å². The standard InChI is InChI=1S/C24H26FN7O2/c1-17-26-22(24-28-27-23(34-24)19-6-8-21(9-7-19)33-16-25)29-32(17)15-18-4-3-5-20(14-18)31-12-10-30(2)11-13-31/h3-9,14H,10-13,15-16H2,1-2H3. The second-order valence-corrected chi connectivity index (χ2v) is 8.29. The van der Waals surface area contributed by atoms with Crippen LogP contribution in [-0.4, -0.2) is 69.9 Å². The molecule has 0 bridgehead atoms. The maximum atomic E-state index is 12.3. The molecular weight excluding hydrogens is 437 g/mol. The van der Waals surface area contributed by atoms with Crippen molar-refractivity contribution in [3.8, 4) is 28.9 Å². The SMILES string of the molecule is Cc1nc(-c2nnc(-c3ccc(OCF)cc3)o2)nn1Cc1cccc(N2CCN(C)CC2)c1. The highest BCUT2D eigenvalue weighted by Crippen LogP contribution is 2.25. The highest BCUT2D eigenvalue weighted by atomic mass is 19.1. The molecule has 9 nitrogen and oxygen atoms in total. The summed E-state index contributed by atoms with van der Waals surface area (Å²) in [6.07, 6.45) is 0. The lowest BCUT2D eigenvalue weighted by molar-refractivity contribution is 0.192. The van der Waals surface area contributed by atoms with Crippen molar-refractivity contribution in [2.45, 2.75) is 13.5 Å². The molecule has 4 aromatic rings. The quantitative estimate of drug-likeness (QED) is 0.412. The highest BCUT2D eigenvalue weighted by molar-refractivity contribution is 5.56. The largest absolute Gasteiger partial charge is 0.463 e. The molecule has 1 aliphatic heterocycles. The van der Waals surface area contributed by atoms with E-state index in [1.807, 2.05) is 11.6 Å². The van der Waals surface area contributed by atoms with Gasteiger partial charge in [0, 0.05) is 37.4 Å². The first-order valence-corrected chi connectivity index (χ1v) is 11.2. The highest BCUT2D eigenvalue weighted by Gasteiger charge is 2.18. The maximum absolute atomic E-state index is 12.3. The average Bonchev–Trinajstić information content (AvgIpc) is 3.48. The van der Waals surface area contributed by atoms with Crippen LogP contribution in [0.4, 0.5) is 10.1 Å². The van der Waals surface area contributed by atoms with Crippen LogP contribution in [0.1, 0.15) is 11.4 Å². The summed E-state index contributed by atoms with van der Waals surface area (Å²) >= 11 is 0. The van der Waals surface area contributed by atoms with Crippen molar-refractivity contribution in [1.82, 2.24) is 29.9 Å². The van der Waals surface area contributed by atoms with E-state index in [0.29, 0.717) is 29.6 Å². The first-order chi connectivity index (χ1) is 16.6. The van der Waals surface area contributed by atoms with E-state index in [0.717, 1.165) is 37.6 Å². The van der Waals surface area contributed by atoms with Crippen molar-refractivity contribution in [3.63, 3.8) is 0 Å². The Balaban J connectivity index is 1.31. The van der Waals surface area contributed by atoms with Gasteiger partial charge in [0.15, 0.2) is 0 Å². The molecule has 0 aliphatic carbocycles. The van der Waals surface area contributed by atoms with Crippen LogP contribution in [0.25, 0.3) is 23.2 Å². The minimum absolute atomic E-state index is 0.243. The molecule has 3 heterocycles. The second-order valence-electron chi connectivity index (χ2n) is 8.29. The topological polar surface area (TPSA) is 85.3 Å². The summed E-state index contributed by atoms with van der Waals surface area (Å²) in [6, 6.07) is 15.3. The molecule has 1 aliphatic rings. The number of hydrogen-bond donors (Lipinski definition) is 0. The predicted octanol–water partition coefficient (Wildman–Crippen LogP) is 3.41. The average molecular weight is 464 g/mol. The lowest BCUT2D eigenvalue weighted by Gasteiger charge is -2.34. The Kier molecular flexibility index (Phi) is 6.22. The molecule has 176 valence electrons. The Morgan fingerprint density at radius 2 is 1.76 bits per heavy atom. The summed E-state index contributed by atoms with van der Waals surface area (Å²) in [5.41, 5.74) is 3.08. The predicted molar refractivity (Wildman–Crippen MR) is 125 cm³/mol. The summed E-state index contributed by atoms with van der Waals surface area (Å²) in [4.78, 5) is 9.28. The second kappa shape index (κ2) is 9.60. The van der Waals surface area contributed by atoms with E-state index in [1.165, 1.54) is 5.69 Å². The zero-order valence-corrected chi connectivity index (χ0v) is 19.2. The lowest BCUT2D eigenvalue weighted by Crippen LogP contribution is -2.44. The zero-order chi connectivity index (χ0) is 23.5. The summed E-state index contributed by atoms with van der Waals surface area (Å²) in [6.45, 7) is 5.81. The van der Waals surface area contributed by atoms with E-state index in [9.17, 15) is 4.39 Å². The minimum Gasteiger partial charge on any atom is -0.463 e. The van der Waals surface area contributed by atoms with Crippen LogP contribution in [0.5, 0.6) is 5.75 Å². The lowest BCUT2D eigenvalue weighted by atomic mass is 10.1. The number of nitrogens with zero attached hydrogens (tertiary/aromatic N) is 7. The number of piperazine rings is 1. The monoisotopic (exact) mass is 463 g/mol. The summed E-state index contributed by atoms with van der Waals surface area (Å²) in [5, 5.41) is 12.8. The van der Waals surface area contributed by atoms with Crippen molar-refractivity contribution >= 4 is 5.69 Å². The van der Waals surface area contributed by atoms with Crippen LogP contribution in [-0.2, 0) is 6.54 Å². The van der Waals surface area contributed by atoms with Crippen LogP contribution in [0, 0.1) is 6.92 Å². The smallest absolute Gasteiger partial charge is 0.287 e. The number of anilines is 1. The molecule has 0 N–H and O–H groups in total. The summed E-state index contributed by atoms with van der Waals surface area (Å²) in [5.74, 6) is 2.14. The molecule has 0 radical (unpaired) electrons. The van der Waals surface area contributed by atoms with E-state index >= 15 is 0 Å². The van der Waals surface area contributed by atoms with E-state index in [4.69, 9.17) is 9.15 Å². The van der Waals surface area contributed by atoms with Gasteiger partial charge in [0.1, 0.15) is 11.6 Å². The first kappa shape index (κ1) is 22.0. The Morgan fingerprint density at radius 1 is 1.00 bits per heavy atom. The van der Waals surface area contributed by atoms with Gasteiger partial charge in [-0.05, 0) is 55.9 Å². The van der Waals surface area contributed by atoms with Crippen LogP contribution < -0.4 is 9.64 Å². The fraction of sp³-hybridized carbons (Fsp3) is 0.333. The molecule has 34 heavy (non-hydrogen) atoms. The number of aryl methyl sites for hydroxylation is 1. The molecule has 2 aromatic heterocycles. The molecule has 2 aromatic carbocycles. The summed E-state index contributed by atoms with van der Waals surface area (Å²) < 4.78 is 24.8. The number of likely N-dealkylation sites (N-methyl/N-ethyl adjacent to an activating group) is 1. The minimum atomic E-state index is -0.877. The molecule has 5 rings (SSSR count). The molecular formula is C24H26FN7O2. The van der Waals surface area contributed by atoms with Gasteiger partial charge in [0.05, 0.1) is 6.54 Å². The number of rotatable bonds is 7. The Labute approximate surface area is 196 Å². The number of halogens is 1. The third-order valence-electron chi connectivity index (χ3n) is 5.91. The van der Waals surface area contributed by atoms with Gasteiger partial charge in [-0.1, -0.05) is 12.1 Å². The normalized spacial score (nSPS) is 14.5. The van der Waals surface area contributed by atoms with E-state index < -0.39 is 6.86 Å². The zero-order valence-electron chi connectivity index (χ0n) is 19.2. The Morgan fingerprint density at radius 3 is 2.53 bits per heavy atom. The molecule has 0 saturated carbocycles. The molecule has 10 heteroatoms. The van der Waals surface area contributed by atoms with Gasteiger partial charge >= 0.3 is 0 Å². The molecule has 0 unspecified atom stereocenters. The number of benzene rings is 2. The van der Waals surface area contributed by atoms with E-state index in [2.05, 4.69) is 61.4 Å². The molecule has 0 amide bonds. The molecule has 0 atom stereocenters. The number of ether oxygens (including phenoxy) is 1. The Bertz CT molecular complexity index is 1250. The number of aromatic nitrogens is 5. The fourth-order valence-electron chi connectivity index (χ4n) is 3.94.